The van der Waals surface area contributed by atoms with E-state index < -0.39 is 0 Å². The van der Waals surface area contributed by atoms with Gasteiger partial charge in [-0.1, -0.05) is 36.9 Å². The average Bonchev–Trinajstić information content (AvgIpc) is 2.90. The molecule has 2 aromatic heterocycles. The summed E-state index contributed by atoms with van der Waals surface area (Å²) in [4.78, 5) is 4.35. The first-order valence-electron chi connectivity index (χ1n) is 6.12. The zero-order chi connectivity index (χ0) is 14.1. The van der Waals surface area contributed by atoms with E-state index in [0.29, 0.717) is 17.0 Å². The number of hydrogen-bond acceptors (Lipinski definition) is 3. The Morgan fingerprint density at radius 1 is 1.20 bits per heavy atom. The molecule has 2 heterocycles. The first kappa shape index (κ1) is 12.1. The van der Waals surface area contributed by atoms with Gasteiger partial charge in [-0.3, -0.25) is 5.41 Å². The van der Waals surface area contributed by atoms with Crippen molar-refractivity contribution in [1.29, 1.82) is 5.41 Å². The number of nitrogens with one attached hydrogen (secondary N) is 1. The fourth-order valence-electron chi connectivity index (χ4n) is 2.10. The maximum Gasteiger partial charge on any atom is 0.174 e. The fraction of sp³-hybridized carbons (Fsp3) is 0. The first-order valence-corrected chi connectivity index (χ1v) is 6.12. The third-order valence-electron chi connectivity index (χ3n) is 3.04. The van der Waals surface area contributed by atoms with Crippen LogP contribution in [0.15, 0.2) is 49.0 Å². The lowest BCUT2D eigenvalue weighted by atomic mass is 10.1. The highest BCUT2D eigenvalue weighted by Crippen LogP contribution is 2.22. The van der Waals surface area contributed by atoms with Gasteiger partial charge in [0, 0.05) is 5.56 Å². The standard InChI is InChI=1S/C15H13N5/c1-2-13-18-15-11(14(16)17)8-9-12(20(15)19-13)10-6-4-3-5-7-10/h2-9H,1H2,(H3,16,17). The molecule has 0 aliphatic heterocycles. The molecule has 0 saturated carbocycles. The number of fused-ring (bicyclic) bond motifs is 1. The van der Waals surface area contributed by atoms with Gasteiger partial charge < -0.3 is 5.73 Å². The van der Waals surface area contributed by atoms with Crippen LogP contribution in [0.4, 0.5) is 0 Å². The molecule has 5 heteroatoms. The summed E-state index contributed by atoms with van der Waals surface area (Å²) in [6.07, 6.45) is 1.58. The van der Waals surface area contributed by atoms with Crippen LogP contribution in [0.5, 0.6) is 0 Å². The summed E-state index contributed by atoms with van der Waals surface area (Å²) in [5.41, 5.74) is 8.64. The molecule has 0 fully saturated rings. The zero-order valence-electron chi connectivity index (χ0n) is 10.7. The van der Waals surface area contributed by atoms with Crippen molar-refractivity contribution in [1.82, 2.24) is 14.6 Å². The van der Waals surface area contributed by atoms with Crippen LogP contribution >= 0.6 is 0 Å². The maximum atomic E-state index is 7.63. The molecule has 0 amide bonds. The summed E-state index contributed by atoms with van der Waals surface area (Å²) in [5.74, 6) is 0.480. The second-order valence-corrected chi connectivity index (χ2v) is 4.32. The Labute approximate surface area is 115 Å². The third kappa shape index (κ3) is 1.85. The molecule has 0 unspecified atom stereocenters. The van der Waals surface area contributed by atoms with E-state index in [0.717, 1.165) is 11.3 Å². The van der Waals surface area contributed by atoms with E-state index in [2.05, 4.69) is 16.7 Å². The van der Waals surface area contributed by atoms with E-state index in [1.54, 1.807) is 16.7 Å². The van der Waals surface area contributed by atoms with Gasteiger partial charge >= 0.3 is 0 Å². The highest BCUT2D eigenvalue weighted by atomic mass is 15.3. The van der Waals surface area contributed by atoms with Crippen LogP contribution in [-0.2, 0) is 0 Å². The Hall–Kier alpha value is -2.95. The van der Waals surface area contributed by atoms with Crippen molar-refractivity contribution in [2.45, 2.75) is 0 Å². The topological polar surface area (TPSA) is 80.1 Å². The van der Waals surface area contributed by atoms with E-state index in [9.17, 15) is 0 Å². The summed E-state index contributed by atoms with van der Waals surface area (Å²) in [6.45, 7) is 3.68. The maximum absolute atomic E-state index is 7.63. The molecular formula is C15H13N5. The van der Waals surface area contributed by atoms with Crippen molar-refractivity contribution in [3.05, 3.63) is 60.4 Å². The highest BCUT2D eigenvalue weighted by Gasteiger charge is 2.13. The second kappa shape index (κ2) is 4.62. The molecule has 0 aliphatic rings. The van der Waals surface area contributed by atoms with Crippen molar-refractivity contribution < 1.29 is 0 Å². The predicted molar refractivity (Wildman–Crippen MR) is 79.5 cm³/mol. The van der Waals surface area contributed by atoms with Gasteiger partial charge in [0.05, 0.1) is 11.3 Å². The van der Waals surface area contributed by atoms with E-state index in [4.69, 9.17) is 11.1 Å². The van der Waals surface area contributed by atoms with Crippen LogP contribution in [0.1, 0.15) is 11.4 Å². The number of nitrogens with zero attached hydrogens (tertiary/aromatic N) is 3. The first-order chi connectivity index (χ1) is 9.70. The average molecular weight is 263 g/mol. The number of amidine groups is 1. The van der Waals surface area contributed by atoms with Crippen molar-refractivity contribution in [2.75, 3.05) is 0 Å². The molecule has 0 saturated heterocycles. The van der Waals surface area contributed by atoms with Crippen molar-refractivity contribution in [3.8, 4) is 11.3 Å². The monoisotopic (exact) mass is 263 g/mol. The van der Waals surface area contributed by atoms with Gasteiger partial charge in [0.25, 0.3) is 0 Å². The third-order valence-corrected chi connectivity index (χ3v) is 3.04. The molecule has 0 spiro atoms. The lowest BCUT2D eigenvalue weighted by Crippen LogP contribution is -2.13. The van der Waals surface area contributed by atoms with Gasteiger partial charge in [0.15, 0.2) is 11.5 Å². The van der Waals surface area contributed by atoms with Gasteiger partial charge in [-0.2, -0.15) is 0 Å². The minimum atomic E-state index is -0.0300. The number of benzene rings is 1. The van der Waals surface area contributed by atoms with Crippen LogP contribution in [0.2, 0.25) is 0 Å². The molecule has 0 aliphatic carbocycles. The van der Waals surface area contributed by atoms with E-state index in [1.165, 1.54) is 0 Å². The molecule has 3 rings (SSSR count). The van der Waals surface area contributed by atoms with Crippen LogP contribution in [0, 0.1) is 5.41 Å². The van der Waals surface area contributed by atoms with Gasteiger partial charge in [0.2, 0.25) is 0 Å². The molecule has 3 N–H and O–H groups in total. The van der Waals surface area contributed by atoms with E-state index in [-0.39, 0.29) is 5.84 Å². The smallest absolute Gasteiger partial charge is 0.174 e. The Morgan fingerprint density at radius 2 is 1.95 bits per heavy atom. The molecule has 5 nitrogen and oxygen atoms in total. The summed E-state index contributed by atoms with van der Waals surface area (Å²) < 4.78 is 1.70. The van der Waals surface area contributed by atoms with Crippen molar-refractivity contribution >= 4 is 17.6 Å². The number of pyridine rings is 1. The molecule has 0 radical (unpaired) electrons. The van der Waals surface area contributed by atoms with Gasteiger partial charge in [-0.15, -0.1) is 5.10 Å². The van der Waals surface area contributed by atoms with Crippen LogP contribution in [-0.4, -0.2) is 20.4 Å². The fourth-order valence-corrected chi connectivity index (χ4v) is 2.10. The van der Waals surface area contributed by atoms with E-state index in [1.807, 2.05) is 36.4 Å². The molecule has 1 aromatic carbocycles. The lowest BCUT2D eigenvalue weighted by Gasteiger charge is -2.07. The van der Waals surface area contributed by atoms with Gasteiger partial charge in [-0.25, -0.2) is 9.50 Å². The Balaban J connectivity index is 2.35. The lowest BCUT2D eigenvalue weighted by molar-refractivity contribution is 0.960. The summed E-state index contributed by atoms with van der Waals surface area (Å²) >= 11 is 0. The zero-order valence-corrected chi connectivity index (χ0v) is 10.7. The predicted octanol–water partition coefficient (Wildman–Crippen LogP) is 2.32. The molecular weight excluding hydrogens is 250 g/mol. The Morgan fingerprint density at radius 3 is 2.60 bits per heavy atom. The van der Waals surface area contributed by atoms with Gasteiger partial charge in [0.1, 0.15) is 5.84 Å². The summed E-state index contributed by atoms with van der Waals surface area (Å²) in [6, 6.07) is 13.6. The number of nitrogens with two attached hydrogens (primary N) is 1. The Bertz CT molecular complexity index is 802. The van der Waals surface area contributed by atoms with Gasteiger partial charge in [-0.05, 0) is 18.2 Å². The molecule has 98 valence electrons. The highest BCUT2D eigenvalue weighted by molar-refractivity contribution is 6.01. The number of aromatic nitrogens is 3. The normalized spacial score (nSPS) is 10.6. The van der Waals surface area contributed by atoms with Crippen LogP contribution in [0.25, 0.3) is 23.0 Å². The second-order valence-electron chi connectivity index (χ2n) is 4.32. The number of rotatable bonds is 3. The Kier molecular flexibility index (Phi) is 2.80. The summed E-state index contributed by atoms with van der Waals surface area (Å²) in [7, 11) is 0. The molecule has 3 aromatic rings. The quantitative estimate of drug-likeness (QED) is 0.562. The SMILES string of the molecule is C=Cc1nc2c(C(=N)N)ccc(-c3ccccc3)n2n1. The molecule has 0 bridgehead atoms. The molecule has 20 heavy (non-hydrogen) atoms. The van der Waals surface area contributed by atoms with Crippen molar-refractivity contribution in [3.63, 3.8) is 0 Å². The van der Waals surface area contributed by atoms with Crippen LogP contribution in [0.3, 0.4) is 0 Å². The number of nitrogen functional groups attached to an aromatic ring is 1. The molecule has 0 atom stereocenters. The minimum Gasteiger partial charge on any atom is -0.384 e. The van der Waals surface area contributed by atoms with Crippen LogP contribution < -0.4 is 5.73 Å². The largest absolute Gasteiger partial charge is 0.384 e. The van der Waals surface area contributed by atoms with E-state index >= 15 is 0 Å². The number of hydrogen-bond donors (Lipinski definition) is 2. The summed E-state index contributed by atoms with van der Waals surface area (Å²) in [5, 5.41) is 12.0. The minimum absolute atomic E-state index is 0.0300. The van der Waals surface area contributed by atoms with Crippen molar-refractivity contribution in [2.24, 2.45) is 5.73 Å².